The van der Waals surface area contributed by atoms with E-state index >= 15 is 0 Å². The van der Waals surface area contributed by atoms with E-state index in [1.165, 1.54) is 6.07 Å². The first-order valence-corrected chi connectivity index (χ1v) is 6.94. The van der Waals surface area contributed by atoms with Crippen LogP contribution in [-0.2, 0) is 17.8 Å². The standard InChI is InChI=1S/C17H20FNO2/c1-13(19)10-15-8-5-9-16(18)17(15)21-12-20-11-14-6-3-2-4-7-14/h2-9,13H,10-12,19H2,1H3. The summed E-state index contributed by atoms with van der Waals surface area (Å²) in [6.07, 6.45) is 0.561. The van der Waals surface area contributed by atoms with E-state index in [2.05, 4.69) is 0 Å². The molecular weight excluding hydrogens is 269 g/mol. The molecule has 4 heteroatoms. The van der Waals surface area contributed by atoms with Crippen LogP contribution in [0.4, 0.5) is 4.39 Å². The van der Waals surface area contributed by atoms with Crippen LogP contribution in [0.15, 0.2) is 48.5 Å². The molecule has 0 spiro atoms. The summed E-state index contributed by atoms with van der Waals surface area (Å²) >= 11 is 0. The number of hydrogen-bond donors (Lipinski definition) is 1. The zero-order valence-corrected chi connectivity index (χ0v) is 12.1. The Morgan fingerprint density at radius 3 is 2.57 bits per heavy atom. The van der Waals surface area contributed by atoms with E-state index < -0.39 is 5.82 Å². The summed E-state index contributed by atoms with van der Waals surface area (Å²) < 4.78 is 24.7. The topological polar surface area (TPSA) is 44.5 Å². The Labute approximate surface area is 124 Å². The zero-order valence-electron chi connectivity index (χ0n) is 12.1. The first-order valence-electron chi connectivity index (χ1n) is 6.94. The van der Waals surface area contributed by atoms with Crippen molar-refractivity contribution in [3.8, 4) is 5.75 Å². The third-order valence-corrected chi connectivity index (χ3v) is 2.99. The molecule has 2 aromatic rings. The van der Waals surface area contributed by atoms with E-state index in [-0.39, 0.29) is 18.6 Å². The summed E-state index contributed by atoms with van der Waals surface area (Å²) in [5.41, 5.74) is 7.57. The highest BCUT2D eigenvalue weighted by Crippen LogP contribution is 2.23. The van der Waals surface area contributed by atoms with Crippen molar-refractivity contribution in [1.82, 2.24) is 0 Å². The molecule has 112 valence electrons. The van der Waals surface area contributed by atoms with Gasteiger partial charge in [-0.05, 0) is 30.5 Å². The van der Waals surface area contributed by atoms with E-state index in [1.54, 1.807) is 6.07 Å². The number of benzene rings is 2. The van der Waals surface area contributed by atoms with E-state index in [0.29, 0.717) is 13.0 Å². The molecule has 2 rings (SSSR count). The molecule has 0 saturated carbocycles. The molecule has 0 aliphatic carbocycles. The summed E-state index contributed by atoms with van der Waals surface area (Å²) in [7, 11) is 0. The number of para-hydroxylation sites is 1. The second kappa shape index (κ2) is 7.76. The Bertz CT molecular complexity index is 558. The van der Waals surface area contributed by atoms with E-state index in [9.17, 15) is 4.39 Å². The van der Waals surface area contributed by atoms with Crippen LogP contribution in [0, 0.1) is 5.82 Å². The minimum absolute atomic E-state index is 0.00177. The van der Waals surface area contributed by atoms with Gasteiger partial charge in [0.15, 0.2) is 18.4 Å². The molecule has 3 nitrogen and oxygen atoms in total. The summed E-state index contributed by atoms with van der Waals surface area (Å²) in [4.78, 5) is 0. The molecule has 0 fully saturated rings. The number of rotatable bonds is 7. The van der Waals surface area contributed by atoms with Gasteiger partial charge in [-0.25, -0.2) is 4.39 Å². The van der Waals surface area contributed by atoms with Gasteiger partial charge in [0, 0.05) is 6.04 Å². The summed E-state index contributed by atoms with van der Waals surface area (Å²) in [6.45, 7) is 2.31. The highest BCUT2D eigenvalue weighted by Gasteiger charge is 2.11. The van der Waals surface area contributed by atoms with Crippen molar-refractivity contribution in [3.05, 3.63) is 65.5 Å². The molecular formula is C17H20FNO2. The van der Waals surface area contributed by atoms with Crippen molar-refractivity contribution in [1.29, 1.82) is 0 Å². The number of ether oxygens (including phenoxy) is 2. The number of nitrogens with two attached hydrogens (primary N) is 1. The van der Waals surface area contributed by atoms with Crippen LogP contribution in [0.2, 0.25) is 0 Å². The molecule has 0 aliphatic rings. The van der Waals surface area contributed by atoms with Crippen LogP contribution < -0.4 is 10.5 Å². The van der Waals surface area contributed by atoms with Gasteiger partial charge >= 0.3 is 0 Å². The average Bonchev–Trinajstić information content (AvgIpc) is 2.46. The van der Waals surface area contributed by atoms with Crippen LogP contribution in [0.25, 0.3) is 0 Å². The van der Waals surface area contributed by atoms with Gasteiger partial charge in [-0.15, -0.1) is 0 Å². The summed E-state index contributed by atoms with van der Waals surface area (Å²) in [6, 6.07) is 14.5. The molecule has 0 aromatic heterocycles. The normalized spacial score (nSPS) is 12.1. The van der Waals surface area contributed by atoms with Crippen molar-refractivity contribution in [2.45, 2.75) is 26.0 Å². The monoisotopic (exact) mass is 289 g/mol. The molecule has 2 N–H and O–H groups in total. The summed E-state index contributed by atoms with van der Waals surface area (Å²) in [5.74, 6) is -0.167. The maximum atomic E-state index is 13.8. The van der Waals surface area contributed by atoms with Crippen LogP contribution in [0.1, 0.15) is 18.1 Å². The van der Waals surface area contributed by atoms with Crippen molar-refractivity contribution >= 4 is 0 Å². The highest BCUT2D eigenvalue weighted by molar-refractivity contribution is 5.35. The van der Waals surface area contributed by atoms with Gasteiger partial charge in [-0.1, -0.05) is 42.5 Å². The largest absolute Gasteiger partial charge is 0.464 e. The van der Waals surface area contributed by atoms with Crippen molar-refractivity contribution < 1.29 is 13.9 Å². The number of hydrogen-bond acceptors (Lipinski definition) is 3. The molecule has 1 unspecified atom stereocenters. The Hall–Kier alpha value is -1.91. The van der Waals surface area contributed by atoms with Gasteiger partial charge in [-0.3, -0.25) is 0 Å². The van der Waals surface area contributed by atoms with E-state index in [0.717, 1.165) is 11.1 Å². The van der Waals surface area contributed by atoms with Crippen molar-refractivity contribution in [2.75, 3.05) is 6.79 Å². The van der Waals surface area contributed by atoms with Gasteiger partial charge in [0.05, 0.1) is 6.61 Å². The lowest BCUT2D eigenvalue weighted by Gasteiger charge is -2.14. The van der Waals surface area contributed by atoms with Crippen LogP contribution in [0.5, 0.6) is 5.75 Å². The van der Waals surface area contributed by atoms with Gasteiger partial charge in [0.2, 0.25) is 0 Å². The quantitative estimate of drug-likeness (QED) is 0.628. The molecule has 0 aliphatic heterocycles. The Morgan fingerprint density at radius 1 is 1.10 bits per heavy atom. The second-order valence-electron chi connectivity index (χ2n) is 5.01. The Morgan fingerprint density at radius 2 is 1.86 bits per heavy atom. The maximum Gasteiger partial charge on any atom is 0.189 e. The number of halogens is 1. The minimum Gasteiger partial charge on any atom is -0.464 e. The highest BCUT2D eigenvalue weighted by atomic mass is 19.1. The second-order valence-corrected chi connectivity index (χ2v) is 5.01. The van der Waals surface area contributed by atoms with Crippen LogP contribution in [0.3, 0.4) is 0 Å². The molecule has 0 bridgehead atoms. The van der Waals surface area contributed by atoms with Gasteiger partial charge < -0.3 is 15.2 Å². The predicted molar refractivity (Wildman–Crippen MR) is 80.5 cm³/mol. The SMILES string of the molecule is CC(N)Cc1cccc(F)c1OCOCc1ccccc1. The fourth-order valence-electron chi connectivity index (χ4n) is 2.06. The molecule has 1 atom stereocenters. The molecule has 2 aromatic carbocycles. The first-order chi connectivity index (χ1) is 10.2. The Balaban J connectivity index is 1.90. The van der Waals surface area contributed by atoms with Crippen molar-refractivity contribution in [3.63, 3.8) is 0 Å². The molecule has 0 heterocycles. The van der Waals surface area contributed by atoms with Crippen molar-refractivity contribution in [2.24, 2.45) is 5.73 Å². The molecule has 0 saturated heterocycles. The van der Waals surface area contributed by atoms with Gasteiger partial charge in [-0.2, -0.15) is 0 Å². The van der Waals surface area contributed by atoms with Crippen LogP contribution >= 0.6 is 0 Å². The minimum atomic E-state index is -0.392. The fraction of sp³-hybridized carbons (Fsp3) is 0.294. The zero-order chi connectivity index (χ0) is 15.1. The lowest BCUT2D eigenvalue weighted by Crippen LogP contribution is -2.19. The third kappa shape index (κ3) is 4.85. The molecule has 21 heavy (non-hydrogen) atoms. The molecule has 0 radical (unpaired) electrons. The summed E-state index contributed by atoms with van der Waals surface area (Å²) in [5, 5.41) is 0. The third-order valence-electron chi connectivity index (χ3n) is 2.99. The Kier molecular flexibility index (Phi) is 5.72. The van der Waals surface area contributed by atoms with Gasteiger partial charge in [0.25, 0.3) is 0 Å². The predicted octanol–water partition coefficient (Wildman–Crippen LogP) is 3.27. The average molecular weight is 289 g/mol. The lowest BCUT2D eigenvalue weighted by atomic mass is 10.1. The first kappa shape index (κ1) is 15.5. The van der Waals surface area contributed by atoms with E-state index in [4.69, 9.17) is 15.2 Å². The van der Waals surface area contributed by atoms with E-state index in [1.807, 2.05) is 43.3 Å². The maximum absolute atomic E-state index is 13.8. The van der Waals surface area contributed by atoms with Crippen LogP contribution in [-0.4, -0.2) is 12.8 Å². The lowest BCUT2D eigenvalue weighted by molar-refractivity contribution is 0.00245. The van der Waals surface area contributed by atoms with Gasteiger partial charge in [0.1, 0.15) is 0 Å². The fourth-order valence-corrected chi connectivity index (χ4v) is 2.06. The molecule has 0 amide bonds. The smallest absolute Gasteiger partial charge is 0.189 e.